The summed E-state index contributed by atoms with van der Waals surface area (Å²) >= 11 is 1.58. The van der Waals surface area contributed by atoms with E-state index in [-0.39, 0.29) is 23.9 Å². The van der Waals surface area contributed by atoms with Gasteiger partial charge in [-0.2, -0.15) is 0 Å². The van der Waals surface area contributed by atoms with Gasteiger partial charge in [0.1, 0.15) is 5.01 Å². The largest absolute Gasteiger partial charge is 0.355 e. The van der Waals surface area contributed by atoms with Gasteiger partial charge >= 0.3 is 0 Å². The molecule has 1 aromatic heterocycles. The van der Waals surface area contributed by atoms with Gasteiger partial charge in [0.25, 0.3) is 5.91 Å². The molecule has 2 heterocycles. The van der Waals surface area contributed by atoms with Gasteiger partial charge in [-0.1, -0.05) is 18.2 Å². The number of nitrogens with zero attached hydrogens (tertiary/aromatic N) is 2. The van der Waals surface area contributed by atoms with Crippen molar-refractivity contribution in [2.75, 3.05) is 13.1 Å². The number of amides is 2. The average molecular weight is 358 g/mol. The van der Waals surface area contributed by atoms with E-state index in [2.05, 4.69) is 20.5 Å². The Balaban J connectivity index is 1.67. The van der Waals surface area contributed by atoms with Gasteiger partial charge in [0.2, 0.25) is 5.91 Å². The van der Waals surface area contributed by atoms with Crippen molar-refractivity contribution in [3.05, 3.63) is 52.5 Å². The molecule has 2 atom stereocenters. The first-order valence-electron chi connectivity index (χ1n) is 8.43. The molecule has 1 fully saturated rings. The molecule has 1 aromatic carbocycles. The molecule has 25 heavy (non-hydrogen) atoms. The molecule has 3 rings (SSSR count). The van der Waals surface area contributed by atoms with E-state index in [0.29, 0.717) is 31.6 Å². The maximum absolute atomic E-state index is 12.4. The van der Waals surface area contributed by atoms with Crippen LogP contribution >= 0.6 is 11.3 Å². The average Bonchev–Trinajstić information content (AvgIpc) is 3.26. The van der Waals surface area contributed by atoms with E-state index in [9.17, 15) is 9.59 Å². The number of carbonyl (C=O) groups excluding carboxylic acids is 2. The summed E-state index contributed by atoms with van der Waals surface area (Å²) in [6.07, 6.45) is 2.38. The fourth-order valence-electron chi connectivity index (χ4n) is 3.11. The molecule has 0 aliphatic carbocycles. The van der Waals surface area contributed by atoms with E-state index >= 15 is 0 Å². The van der Waals surface area contributed by atoms with Gasteiger partial charge in [-0.3, -0.25) is 14.5 Å². The van der Waals surface area contributed by atoms with Crippen LogP contribution in [0.1, 0.15) is 28.7 Å². The Kier molecular flexibility index (Phi) is 5.78. The molecule has 2 amide bonds. The van der Waals surface area contributed by atoms with Crippen LogP contribution in [0.4, 0.5) is 0 Å². The molecule has 0 saturated carbocycles. The topological polar surface area (TPSA) is 74.3 Å². The Morgan fingerprint density at radius 3 is 2.80 bits per heavy atom. The van der Waals surface area contributed by atoms with Crippen molar-refractivity contribution in [3.8, 4) is 0 Å². The van der Waals surface area contributed by atoms with Crippen LogP contribution in [0.25, 0.3) is 0 Å². The number of benzene rings is 1. The summed E-state index contributed by atoms with van der Waals surface area (Å²) in [5.41, 5.74) is 0.635. The molecule has 0 bridgehead atoms. The first-order valence-corrected chi connectivity index (χ1v) is 9.31. The molecule has 2 N–H and O–H groups in total. The molecular formula is C18H22N4O2S. The molecule has 6 nitrogen and oxygen atoms in total. The molecule has 132 valence electrons. The number of aromatic nitrogens is 1. The van der Waals surface area contributed by atoms with Gasteiger partial charge in [0.15, 0.2) is 0 Å². The second-order valence-electron chi connectivity index (χ2n) is 6.04. The normalized spacial score (nSPS) is 20.4. The number of nitrogens with one attached hydrogen (secondary N) is 2. The summed E-state index contributed by atoms with van der Waals surface area (Å²) in [5, 5.41) is 8.85. The lowest BCUT2D eigenvalue weighted by molar-refractivity contribution is -0.125. The molecule has 1 aliphatic heterocycles. The second kappa shape index (κ2) is 8.22. The fourth-order valence-corrected chi connectivity index (χ4v) is 3.75. The van der Waals surface area contributed by atoms with Gasteiger partial charge < -0.3 is 10.6 Å². The number of thiazole rings is 1. The molecule has 2 aromatic rings. The number of hydrogen-bond donors (Lipinski definition) is 2. The van der Waals surface area contributed by atoms with Crippen LogP contribution in [0.15, 0.2) is 41.9 Å². The monoisotopic (exact) mass is 358 g/mol. The highest BCUT2D eigenvalue weighted by Crippen LogP contribution is 2.22. The lowest BCUT2D eigenvalue weighted by atomic mass is 10.1. The molecule has 0 radical (unpaired) electrons. The third-order valence-electron chi connectivity index (χ3n) is 4.25. The van der Waals surface area contributed by atoms with Crippen LogP contribution in [0.3, 0.4) is 0 Å². The van der Waals surface area contributed by atoms with Crippen LogP contribution < -0.4 is 10.6 Å². The standard InChI is InChI=1S/C18H22N4O2S/c1-2-19-18(24)15-10-14(11-22(15)12-16-20-8-9-25-16)21-17(23)13-6-4-3-5-7-13/h3-9,14-15H,2,10-12H2,1H3,(H,19,24)(H,21,23). The Hall–Kier alpha value is -2.25. The highest BCUT2D eigenvalue weighted by atomic mass is 32.1. The van der Waals surface area contributed by atoms with Crippen molar-refractivity contribution in [3.63, 3.8) is 0 Å². The van der Waals surface area contributed by atoms with Crippen LogP contribution in [-0.4, -0.2) is 46.9 Å². The van der Waals surface area contributed by atoms with E-state index in [4.69, 9.17) is 0 Å². The van der Waals surface area contributed by atoms with Crippen LogP contribution in [0.5, 0.6) is 0 Å². The first kappa shape index (κ1) is 17.6. The minimum Gasteiger partial charge on any atom is -0.355 e. The highest BCUT2D eigenvalue weighted by molar-refractivity contribution is 7.09. The second-order valence-corrected chi connectivity index (χ2v) is 7.02. The third kappa shape index (κ3) is 4.43. The van der Waals surface area contributed by atoms with Gasteiger partial charge in [0.05, 0.1) is 12.6 Å². The Bertz CT molecular complexity index is 705. The predicted octanol–water partition coefficient (Wildman–Crippen LogP) is 1.65. The van der Waals surface area contributed by atoms with E-state index in [1.165, 1.54) is 0 Å². The maximum Gasteiger partial charge on any atom is 0.251 e. The van der Waals surface area contributed by atoms with Crippen molar-refractivity contribution in [2.45, 2.75) is 32.0 Å². The number of carbonyl (C=O) groups is 2. The summed E-state index contributed by atoms with van der Waals surface area (Å²) in [7, 11) is 0. The molecule has 1 saturated heterocycles. The van der Waals surface area contributed by atoms with Gasteiger partial charge in [-0.25, -0.2) is 4.98 Å². The van der Waals surface area contributed by atoms with E-state index in [0.717, 1.165) is 5.01 Å². The zero-order chi connectivity index (χ0) is 17.6. The quantitative estimate of drug-likeness (QED) is 0.823. The highest BCUT2D eigenvalue weighted by Gasteiger charge is 2.37. The van der Waals surface area contributed by atoms with Crippen LogP contribution in [0, 0.1) is 0 Å². The van der Waals surface area contributed by atoms with Gasteiger partial charge in [-0.15, -0.1) is 11.3 Å². The van der Waals surface area contributed by atoms with E-state index in [1.807, 2.05) is 30.5 Å². The lowest BCUT2D eigenvalue weighted by Crippen LogP contribution is -2.42. The number of hydrogen-bond acceptors (Lipinski definition) is 5. The SMILES string of the molecule is CCNC(=O)C1CC(NC(=O)c2ccccc2)CN1Cc1nccs1. The summed E-state index contributed by atoms with van der Waals surface area (Å²) in [6.45, 7) is 3.77. The molecule has 0 spiro atoms. The zero-order valence-electron chi connectivity index (χ0n) is 14.1. The minimum absolute atomic E-state index is 0.00974. The van der Waals surface area contributed by atoms with Gasteiger partial charge in [0, 0.05) is 36.3 Å². The van der Waals surface area contributed by atoms with E-state index in [1.54, 1.807) is 29.7 Å². The lowest BCUT2D eigenvalue weighted by Gasteiger charge is -2.22. The van der Waals surface area contributed by atoms with Crippen LogP contribution in [-0.2, 0) is 11.3 Å². The number of likely N-dealkylation sites (tertiary alicyclic amines) is 1. The third-order valence-corrected chi connectivity index (χ3v) is 5.01. The molecule has 7 heteroatoms. The van der Waals surface area contributed by atoms with E-state index < -0.39 is 0 Å². The number of likely N-dealkylation sites (N-methyl/N-ethyl adjacent to an activating group) is 1. The van der Waals surface area contributed by atoms with Crippen molar-refractivity contribution in [2.24, 2.45) is 0 Å². The van der Waals surface area contributed by atoms with Crippen LogP contribution in [0.2, 0.25) is 0 Å². The van der Waals surface area contributed by atoms with Crippen molar-refractivity contribution in [1.82, 2.24) is 20.5 Å². The zero-order valence-corrected chi connectivity index (χ0v) is 15.0. The summed E-state index contributed by atoms with van der Waals surface area (Å²) in [6, 6.07) is 8.85. The smallest absolute Gasteiger partial charge is 0.251 e. The van der Waals surface area contributed by atoms with Gasteiger partial charge in [-0.05, 0) is 25.5 Å². The predicted molar refractivity (Wildman–Crippen MR) is 97.3 cm³/mol. The fraction of sp³-hybridized carbons (Fsp3) is 0.389. The number of rotatable bonds is 6. The maximum atomic E-state index is 12.4. The van der Waals surface area contributed by atoms with Crippen molar-refractivity contribution in [1.29, 1.82) is 0 Å². The van der Waals surface area contributed by atoms with Crippen molar-refractivity contribution >= 4 is 23.2 Å². The summed E-state index contributed by atoms with van der Waals surface area (Å²) < 4.78 is 0. The summed E-state index contributed by atoms with van der Waals surface area (Å²) in [5.74, 6) is -0.0909. The Morgan fingerprint density at radius 2 is 2.12 bits per heavy atom. The Morgan fingerprint density at radius 1 is 1.32 bits per heavy atom. The molecule has 2 unspecified atom stereocenters. The van der Waals surface area contributed by atoms with Crippen molar-refractivity contribution < 1.29 is 9.59 Å². The molecule has 1 aliphatic rings. The molecular weight excluding hydrogens is 336 g/mol. The summed E-state index contributed by atoms with van der Waals surface area (Å²) in [4.78, 5) is 31.2. The Labute approximate surface area is 151 Å². The first-order chi connectivity index (χ1) is 12.2. The minimum atomic E-state index is -0.245.